The van der Waals surface area contributed by atoms with Crippen LogP contribution in [0.4, 0.5) is 5.69 Å². The zero-order valence-electron chi connectivity index (χ0n) is 18.4. The molecule has 8 heteroatoms. The summed E-state index contributed by atoms with van der Waals surface area (Å²) in [4.78, 5) is 18.3. The lowest BCUT2D eigenvalue weighted by Gasteiger charge is -2.14. The van der Waals surface area contributed by atoms with E-state index in [1.54, 1.807) is 14.2 Å². The van der Waals surface area contributed by atoms with Crippen molar-refractivity contribution in [1.82, 2.24) is 9.38 Å². The molecule has 1 N–H and O–H groups in total. The van der Waals surface area contributed by atoms with Crippen molar-refractivity contribution >= 4 is 27.9 Å². The van der Waals surface area contributed by atoms with Crippen molar-refractivity contribution in [2.24, 2.45) is 0 Å². The van der Waals surface area contributed by atoms with E-state index in [4.69, 9.17) is 19.2 Å². The standard InChI is InChI=1S/C24H25N3O4S/c1-15(2)31-22-8-6-5-7-19(22)25-23(28)11-16-14-32-24-26-20(13-27(16)24)18-12-17(29-3)9-10-21(18)30-4/h5-10,12-15H,11H2,1-4H3,(H,25,28). The van der Waals surface area contributed by atoms with Gasteiger partial charge in [0.1, 0.15) is 17.2 Å². The van der Waals surface area contributed by atoms with Gasteiger partial charge in [-0.1, -0.05) is 12.1 Å². The molecule has 0 aliphatic rings. The molecule has 0 fully saturated rings. The minimum atomic E-state index is -0.126. The molecule has 0 saturated carbocycles. The first kappa shape index (κ1) is 21.7. The van der Waals surface area contributed by atoms with Crippen LogP contribution in [0.5, 0.6) is 17.2 Å². The van der Waals surface area contributed by atoms with E-state index in [2.05, 4.69) is 5.32 Å². The van der Waals surface area contributed by atoms with Gasteiger partial charge in [0.15, 0.2) is 4.96 Å². The minimum Gasteiger partial charge on any atom is -0.497 e. The van der Waals surface area contributed by atoms with Gasteiger partial charge in [-0.05, 0) is 44.2 Å². The number of rotatable bonds is 8. The van der Waals surface area contributed by atoms with Crippen LogP contribution in [0, 0.1) is 0 Å². The first-order valence-corrected chi connectivity index (χ1v) is 11.1. The summed E-state index contributed by atoms with van der Waals surface area (Å²) in [5, 5.41) is 4.91. The van der Waals surface area contributed by atoms with Crippen molar-refractivity contribution < 1.29 is 19.0 Å². The van der Waals surface area contributed by atoms with Gasteiger partial charge in [0.05, 0.1) is 38.1 Å². The zero-order valence-corrected chi connectivity index (χ0v) is 19.2. The molecule has 4 aromatic rings. The number of benzene rings is 2. The highest BCUT2D eigenvalue weighted by molar-refractivity contribution is 7.15. The predicted octanol–water partition coefficient (Wildman–Crippen LogP) is 5.05. The summed E-state index contributed by atoms with van der Waals surface area (Å²) in [6, 6.07) is 13.0. The lowest BCUT2D eigenvalue weighted by atomic mass is 10.1. The monoisotopic (exact) mass is 451 g/mol. The Hall–Kier alpha value is -3.52. The number of carbonyl (C=O) groups excluding carboxylic acids is 1. The third-order valence-electron chi connectivity index (χ3n) is 4.83. The number of ether oxygens (including phenoxy) is 3. The minimum absolute atomic E-state index is 0.0162. The average molecular weight is 452 g/mol. The van der Waals surface area contributed by atoms with Crippen molar-refractivity contribution in [2.75, 3.05) is 19.5 Å². The molecule has 2 heterocycles. The van der Waals surface area contributed by atoms with Crippen LogP contribution >= 0.6 is 11.3 Å². The van der Waals surface area contributed by atoms with Crippen LogP contribution in [0.15, 0.2) is 54.0 Å². The number of thiazole rings is 1. The smallest absolute Gasteiger partial charge is 0.230 e. The fourth-order valence-corrected chi connectivity index (χ4v) is 4.26. The summed E-state index contributed by atoms with van der Waals surface area (Å²) in [5.41, 5.74) is 3.10. The number of anilines is 1. The summed E-state index contributed by atoms with van der Waals surface area (Å²) < 4.78 is 18.6. The molecule has 1 amide bonds. The molecule has 0 unspecified atom stereocenters. The highest BCUT2D eigenvalue weighted by Crippen LogP contribution is 2.34. The van der Waals surface area contributed by atoms with Crippen molar-refractivity contribution in [3.63, 3.8) is 0 Å². The van der Waals surface area contributed by atoms with Gasteiger partial charge >= 0.3 is 0 Å². The molecule has 4 rings (SSSR count). The number of para-hydroxylation sites is 2. The van der Waals surface area contributed by atoms with Crippen LogP contribution in [-0.4, -0.2) is 35.6 Å². The van der Waals surface area contributed by atoms with E-state index in [0.29, 0.717) is 17.2 Å². The molecule has 0 aliphatic heterocycles. The maximum atomic E-state index is 12.8. The maximum absolute atomic E-state index is 12.8. The quantitative estimate of drug-likeness (QED) is 0.406. The molecular weight excluding hydrogens is 426 g/mol. The summed E-state index contributed by atoms with van der Waals surface area (Å²) in [6.45, 7) is 3.91. The molecule has 166 valence electrons. The normalized spacial score (nSPS) is 11.0. The number of nitrogens with one attached hydrogen (secondary N) is 1. The van der Waals surface area contributed by atoms with Crippen molar-refractivity contribution in [3.05, 3.63) is 59.7 Å². The van der Waals surface area contributed by atoms with Crippen LogP contribution in [0.25, 0.3) is 16.2 Å². The van der Waals surface area contributed by atoms with Crippen LogP contribution in [0.2, 0.25) is 0 Å². The molecule has 2 aromatic heterocycles. The Kier molecular flexibility index (Phi) is 6.32. The molecule has 0 atom stereocenters. The number of nitrogens with zero attached hydrogens (tertiary/aromatic N) is 2. The molecule has 2 aromatic carbocycles. The molecule has 32 heavy (non-hydrogen) atoms. The number of imidazole rings is 1. The molecule has 0 spiro atoms. The molecule has 7 nitrogen and oxygen atoms in total. The first-order valence-electron chi connectivity index (χ1n) is 10.2. The van der Waals surface area contributed by atoms with Gasteiger partial charge in [-0.3, -0.25) is 9.20 Å². The highest BCUT2D eigenvalue weighted by Gasteiger charge is 2.16. The fraction of sp³-hybridized carbons (Fsp3) is 0.250. The number of amides is 1. The molecule has 0 radical (unpaired) electrons. The molecule has 0 bridgehead atoms. The second kappa shape index (κ2) is 9.32. The van der Waals surface area contributed by atoms with Crippen molar-refractivity contribution in [3.8, 4) is 28.5 Å². The van der Waals surface area contributed by atoms with E-state index in [9.17, 15) is 4.79 Å². The number of aromatic nitrogens is 2. The number of methoxy groups -OCH3 is 2. The van der Waals surface area contributed by atoms with Crippen molar-refractivity contribution in [1.29, 1.82) is 0 Å². The Balaban J connectivity index is 1.57. The number of fused-ring (bicyclic) bond motifs is 1. The summed E-state index contributed by atoms with van der Waals surface area (Å²) in [7, 11) is 3.25. The fourth-order valence-electron chi connectivity index (χ4n) is 3.39. The van der Waals surface area contributed by atoms with Crippen LogP contribution in [0.1, 0.15) is 19.5 Å². The SMILES string of the molecule is COc1ccc(OC)c(-c2cn3c(CC(=O)Nc4ccccc4OC(C)C)csc3n2)c1. The Morgan fingerprint density at radius 2 is 1.94 bits per heavy atom. The van der Waals surface area contributed by atoms with Gasteiger partial charge in [-0.15, -0.1) is 11.3 Å². The zero-order chi connectivity index (χ0) is 22.7. The first-order chi connectivity index (χ1) is 15.5. The van der Waals surface area contributed by atoms with Crippen LogP contribution in [-0.2, 0) is 11.2 Å². The Morgan fingerprint density at radius 3 is 2.69 bits per heavy atom. The van der Waals surface area contributed by atoms with Gasteiger partial charge in [-0.2, -0.15) is 0 Å². The van der Waals surface area contributed by atoms with Gasteiger partial charge < -0.3 is 19.5 Å². The average Bonchev–Trinajstić information content (AvgIpc) is 3.36. The molecule has 0 saturated heterocycles. The Morgan fingerprint density at radius 1 is 1.12 bits per heavy atom. The second-order valence-electron chi connectivity index (χ2n) is 7.46. The lowest BCUT2D eigenvalue weighted by molar-refractivity contribution is -0.115. The van der Waals surface area contributed by atoms with Crippen molar-refractivity contribution in [2.45, 2.75) is 26.4 Å². The number of hydrogen-bond donors (Lipinski definition) is 1. The maximum Gasteiger partial charge on any atom is 0.230 e. The Bertz CT molecular complexity index is 1250. The lowest BCUT2D eigenvalue weighted by Crippen LogP contribution is -2.17. The van der Waals surface area contributed by atoms with E-state index in [1.807, 2.05) is 72.3 Å². The highest BCUT2D eigenvalue weighted by atomic mass is 32.1. The van der Waals surface area contributed by atoms with Gasteiger partial charge in [-0.25, -0.2) is 4.98 Å². The van der Waals surface area contributed by atoms with E-state index in [-0.39, 0.29) is 18.4 Å². The predicted molar refractivity (Wildman–Crippen MR) is 126 cm³/mol. The summed E-state index contributed by atoms with van der Waals surface area (Å²) in [5.74, 6) is 1.96. The van der Waals surface area contributed by atoms with Crippen LogP contribution in [0.3, 0.4) is 0 Å². The molecule has 0 aliphatic carbocycles. The van der Waals surface area contributed by atoms with E-state index in [1.165, 1.54) is 11.3 Å². The third kappa shape index (κ3) is 4.55. The summed E-state index contributed by atoms with van der Waals surface area (Å²) >= 11 is 1.49. The topological polar surface area (TPSA) is 74.1 Å². The van der Waals surface area contributed by atoms with Gasteiger partial charge in [0.25, 0.3) is 0 Å². The second-order valence-corrected chi connectivity index (χ2v) is 8.30. The van der Waals surface area contributed by atoms with E-state index in [0.717, 1.165) is 27.7 Å². The summed E-state index contributed by atoms with van der Waals surface area (Å²) in [6.07, 6.45) is 2.14. The molecular formula is C24H25N3O4S. The third-order valence-corrected chi connectivity index (χ3v) is 5.72. The van der Waals surface area contributed by atoms with Crippen LogP contribution < -0.4 is 19.5 Å². The van der Waals surface area contributed by atoms with Gasteiger partial charge in [0.2, 0.25) is 5.91 Å². The van der Waals surface area contributed by atoms with E-state index < -0.39 is 0 Å². The van der Waals surface area contributed by atoms with Gasteiger partial charge in [0, 0.05) is 22.8 Å². The number of hydrogen-bond acceptors (Lipinski definition) is 6. The largest absolute Gasteiger partial charge is 0.497 e. The Labute approximate surface area is 190 Å². The van der Waals surface area contributed by atoms with E-state index >= 15 is 0 Å². The number of carbonyl (C=O) groups is 1.